The minimum Gasteiger partial charge on any atom is -1.00 e. The third-order valence-corrected chi connectivity index (χ3v) is 8.07. The van der Waals surface area contributed by atoms with Crippen LogP contribution >= 0.6 is 36.7 Å². The number of hydrogen-bond acceptors (Lipinski definition) is 7. The molecule has 344 valence electrons. The van der Waals surface area contributed by atoms with E-state index in [9.17, 15) is 0 Å². The molecule has 0 N–H and O–H groups in total. The van der Waals surface area contributed by atoms with Crippen LogP contribution in [0.3, 0.4) is 0 Å². The monoisotopic (exact) mass is 1300 g/mol. The largest absolute Gasteiger partial charge is 2.00 e. The summed E-state index contributed by atoms with van der Waals surface area (Å²) in [6.07, 6.45) is 13.7. The Bertz CT molecular complexity index is 613. The van der Waals surface area contributed by atoms with Gasteiger partial charge < -0.3 is 126 Å². The van der Waals surface area contributed by atoms with Crippen LogP contribution in [0.15, 0.2) is 0 Å². The van der Waals surface area contributed by atoms with E-state index < -0.39 is 0 Å². The van der Waals surface area contributed by atoms with Gasteiger partial charge in [-0.3, -0.25) is 4.90 Å². The quantitative estimate of drug-likeness (QED) is 0.115. The molecule has 0 fully saturated rings. The fraction of sp³-hybridized carbons (Fsp3) is 0.786. The first-order valence-electron chi connectivity index (χ1n) is 19.8. The van der Waals surface area contributed by atoms with Gasteiger partial charge in [-0.25, -0.2) is 0 Å². The zero-order chi connectivity index (χ0) is 42.5. The van der Waals surface area contributed by atoms with Crippen molar-refractivity contribution in [3.05, 3.63) is 41.5 Å². The molecule has 12 radical (unpaired) electrons. The Morgan fingerprint density at radius 3 is 0.569 bits per heavy atom. The van der Waals surface area contributed by atoms with Crippen LogP contribution in [-0.2, 0) is 37.9 Å². The Morgan fingerprint density at radius 1 is 0.379 bits per heavy atom. The molecule has 0 spiro atoms. The number of hydrogen-bond donors (Lipinski definition) is 0. The molecule has 0 aromatic carbocycles. The molecule has 0 saturated carbocycles. The molecule has 4 nitrogen and oxygen atoms in total. The van der Waals surface area contributed by atoms with E-state index in [1.54, 1.807) is 0 Å². The third kappa shape index (κ3) is 86.6. The summed E-state index contributed by atoms with van der Waals surface area (Å²) in [5, 5.41) is 0. The van der Waals surface area contributed by atoms with Gasteiger partial charge in [0.1, 0.15) is 0 Å². The fourth-order valence-electron chi connectivity index (χ4n) is 2.76. The summed E-state index contributed by atoms with van der Waals surface area (Å²) in [6.45, 7) is 51.9. The predicted molar refractivity (Wildman–Crippen MR) is 281 cm³/mol. The SMILES string of the molecule is CC(C)N(CCN(CCN(C(=S)[S-])C(C)C)CCN(C(=S)[S-])C(C)C)C(=S)[S-].[CH2]CCC.[CH2]CCC.[CH2]CCC.[CH2]CCC.[CH2]CCC.[CH2]CCC.[Cl-].[Cl-].[Cl-].[Sn+2].[Sn+2].[Sn+2]. The van der Waals surface area contributed by atoms with E-state index in [-0.39, 0.29) is 127 Å². The summed E-state index contributed by atoms with van der Waals surface area (Å²) >= 11 is 31.4. The van der Waals surface area contributed by atoms with Gasteiger partial charge in [0, 0.05) is 57.4 Å². The standard InChI is InChI=1S/C18H36N4S6.6C4H9.3ClH.3Sn/c1-13(2)20(16(23)24)10-7-19(8-11-21(14(3)4)17(25)26)9-12-22(15(5)6)18(27)28;6*1-3-4-2;;;;;;/h13-15H,7-12H2,1-6H3,(H,23,24)(H,25,26)(H,27,28);6*1,3-4H2,2H3;3*1H;;;/q;;;;;;;;;;3*+2/p-6. The first kappa shape index (κ1) is 95.7. The molecule has 0 unspecified atom stereocenters. The molecule has 0 atom stereocenters. The second-order valence-corrected chi connectivity index (χ2v) is 15.7. The van der Waals surface area contributed by atoms with Crippen molar-refractivity contribution < 1.29 is 37.2 Å². The molecule has 0 aromatic heterocycles. The Hall–Kier alpha value is 3.56. The normalized spacial score (nSPS) is 8.59. The summed E-state index contributed by atoms with van der Waals surface area (Å²) in [5.41, 5.74) is 0. The van der Waals surface area contributed by atoms with Gasteiger partial charge >= 0.3 is 71.7 Å². The van der Waals surface area contributed by atoms with Gasteiger partial charge in [-0.15, -0.1) is 0 Å². The molecular weight excluding hydrogens is 1220 g/mol. The van der Waals surface area contributed by atoms with E-state index in [1.807, 2.05) is 0 Å². The average molecular weight is 1300 g/mol. The van der Waals surface area contributed by atoms with Gasteiger partial charge in [0.15, 0.2) is 0 Å². The average Bonchev–Trinajstić information content (AvgIpc) is 3.11. The Labute approximate surface area is 469 Å². The van der Waals surface area contributed by atoms with Crippen LogP contribution in [0.1, 0.15) is 160 Å². The van der Waals surface area contributed by atoms with Crippen molar-refractivity contribution in [3.8, 4) is 0 Å². The summed E-state index contributed by atoms with van der Waals surface area (Å²) in [5.74, 6) is 0. The topological polar surface area (TPSA) is 13.0 Å². The van der Waals surface area contributed by atoms with Crippen molar-refractivity contribution in [2.24, 2.45) is 0 Å². The number of thiocarbonyl (C=S) groups is 3. The maximum absolute atomic E-state index is 5.24. The van der Waals surface area contributed by atoms with E-state index in [2.05, 4.69) is 144 Å². The Morgan fingerprint density at radius 2 is 0.500 bits per heavy atom. The molecule has 0 bridgehead atoms. The molecule has 0 aliphatic carbocycles. The zero-order valence-corrected chi connectivity index (χ0v) is 54.8. The van der Waals surface area contributed by atoms with Crippen molar-refractivity contribution in [3.63, 3.8) is 0 Å². The van der Waals surface area contributed by atoms with Gasteiger partial charge in [-0.1, -0.05) is 173 Å². The second-order valence-electron chi connectivity index (χ2n) is 12.6. The van der Waals surface area contributed by atoms with Crippen LogP contribution in [-0.4, -0.2) is 162 Å². The van der Waals surface area contributed by atoms with Crippen LogP contribution < -0.4 is 37.2 Å². The van der Waals surface area contributed by atoms with Crippen molar-refractivity contribution in [1.82, 2.24) is 19.6 Å². The molecule has 0 aromatic rings. The predicted octanol–water partition coefficient (Wildman–Crippen LogP) is 2.51. The zero-order valence-electron chi connectivity index (χ0n) is 39.1. The third-order valence-electron chi connectivity index (χ3n) is 6.67. The van der Waals surface area contributed by atoms with Crippen molar-refractivity contribution in [2.75, 3.05) is 39.3 Å². The fourth-order valence-corrected chi connectivity index (χ4v) is 4.58. The van der Waals surface area contributed by atoms with E-state index >= 15 is 0 Å². The molecule has 0 saturated heterocycles. The van der Waals surface area contributed by atoms with Gasteiger partial charge in [0.25, 0.3) is 0 Å². The molecule has 0 amide bonds. The second kappa shape index (κ2) is 80.8. The van der Waals surface area contributed by atoms with Gasteiger partial charge in [-0.05, 0) is 41.5 Å². The number of unbranched alkanes of at least 4 members (excludes halogenated alkanes) is 6. The molecule has 16 heteroatoms. The molecule has 0 heterocycles. The minimum absolute atomic E-state index is 0. The van der Waals surface area contributed by atoms with E-state index in [4.69, 9.17) is 74.5 Å². The van der Waals surface area contributed by atoms with Gasteiger partial charge in [0.05, 0.1) is 0 Å². The van der Waals surface area contributed by atoms with Crippen molar-refractivity contribution >= 4 is 159 Å². The molecule has 0 aliphatic heterocycles. The van der Waals surface area contributed by atoms with E-state index in [0.29, 0.717) is 13.0 Å². The maximum atomic E-state index is 5.24. The first-order chi connectivity index (χ1) is 24.4. The van der Waals surface area contributed by atoms with Crippen LogP contribution in [0, 0.1) is 41.5 Å². The van der Waals surface area contributed by atoms with Crippen molar-refractivity contribution in [1.29, 1.82) is 0 Å². The Kier molecular flexibility index (Phi) is 133. The first-order valence-corrected chi connectivity index (χ1v) is 22.2. The number of rotatable bonds is 18. The smallest absolute Gasteiger partial charge is 1.00 e. The van der Waals surface area contributed by atoms with Crippen LogP contribution in [0.2, 0.25) is 0 Å². The van der Waals surface area contributed by atoms with Crippen LogP contribution in [0.25, 0.3) is 0 Å². The summed E-state index contributed by atoms with van der Waals surface area (Å²) in [4.78, 5) is 8.61. The van der Waals surface area contributed by atoms with Gasteiger partial charge in [-0.2, -0.15) is 0 Å². The summed E-state index contributed by atoms with van der Waals surface area (Å²) in [7, 11) is 0. The number of halogens is 3. The Balaban J connectivity index is -0.0000000505. The van der Waals surface area contributed by atoms with E-state index in [0.717, 1.165) is 77.8 Å². The van der Waals surface area contributed by atoms with Crippen molar-refractivity contribution in [2.45, 2.75) is 178 Å². The summed E-state index contributed by atoms with van der Waals surface area (Å²) in [6, 6.07) is 0.852. The molecule has 0 rings (SSSR count). The molecular formula is C42H87Cl3N4S6Sn3. The minimum atomic E-state index is 0. The van der Waals surface area contributed by atoms with E-state index in [1.165, 1.54) is 38.5 Å². The van der Waals surface area contributed by atoms with Crippen LogP contribution in [0.5, 0.6) is 0 Å². The van der Waals surface area contributed by atoms with Crippen LogP contribution in [0.4, 0.5) is 0 Å². The summed E-state index contributed by atoms with van der Waals surface area (Å²) < 4.78 is 1.54. The molecule has 58 heavy (non-hydrogen) atoms. The number of nitrogens with zero attached hydrogens (tertiary/aromatic N) is 4. The van der Waals surface area contributed by atoms with Gasteiger partial charge in [0.2, 0.25) is 0 Å². The maximum Gasteiger partial charge on any atom is 2.00 e. The molecule has 0 aliphatic rings.